The number of fused-ring (bicyclic) bond motifs is 3. The van der Waals surface area contributed by atoms with Crippen LogP contribution >= 0.6 is 0 Å². The molecule has 5 heteroatoms. The van der Waals surface area contributed by atoms with Gasteiger partial charge in [-0.1, -0.05) is 25.1 Å². The van der Waals surface area contributed by atoms with Crippen molar-refractivity contribution in [2.45, 2.75) is 19.9 Å². The molecule has 1 fully saturated rings. The van der Waals surface area contributed by atoms with E-state index in [0.29, 0.717) is 6.54 Å². The number of ether oxygens (including phenoxy) is 1. The minimum atomic E-state index is 0.0361. The van der Waals surface area contributed by atoms with Crippen LogP contribution in [0.15, 0.2) is 24.3 Å². The Kier molecular flexibility index (Phi) is 4.29. The molecular formula is C19H25N3O2. The molecule has 1 saturated heterocycles. The van der Waals surface area contributed by atoms with Crippen molar-refractivity contribution in [1.82, 2.24) is 14.8 Å². The van der Waals surface area contributed by atoms with Gasteiger partial charge in [-0.05, 0) is 18.1 Å². The topological polar surface area (TPSA) is 48.6 Å². The molecule has 5 nitrogen and oxygen atoms in total. The summed E-state index contributed by atoms with van der Waals surface area (Å²) in [6.45, 7) is 7.84. The van der Waals surface area contributed by atoms with Gasteiger partial charge in [-0.25, -0.2) is 0 Å². The molecule has 0 radical (unpaired) electrons. The van der Waals surface area contributed by atoms with Crippen LogP contribution in [0.5, 0.6) is 0 Å². The average molecular weight is 327 g/mol. The van der Waals surface area contributed by atoms with Crippen molar-refractivity contribution in [3.63, 3.8) is 0 Å². The summed E-state index contributed by atoms with van der Waals surface area (Å²) in [7, 11) is 0. The molecule has 0 bridgehead atoms. The highest BCUT2D eigenvalue weighted by Crippen LogP contribution is 2.28. The van der Waals surface area contributed by atoms with Crippen LogP contribution in [-0.2, 0) is 22.5 Å². The standard InChI is InChI=1S/C19H25N3O2/c1-14(12-21-8-10-24-11-9-21)19(23)22-7-6-16-15-4-2-3-5-17(15)20-18(16)13-22/h2-5,14,20H,6-13H2,1H3. The Bertz CT molecular complexity index is 733. The zero-order valence-corrected chi connectivity index (χ0v) is 14.3. The first kappa shape index (κ1) is 15.7. The Morgan fingerprint density at radius 1 is 1.25 bits per heavy atom. The third-order valence-corrected chi connectivity index (χ3v) is 5.25. The Hall–Kier alpha value is -1.85. The maximum absolute atomic E-state index is 12.9. The van der Waals surface area contributed by atoms with Gasteiger partial charge in [-0.3, -0.25) is 9.69 Å². The number of aromatic nitrogens is 1. The fraction of sp³-hybridized carbons (Fsp3) is 0.526. The molecule has 1 unspecified atom stereocenters. The summed E-state index contributed by atoms with van der Waals surface area (Å²) in [5.41, 5.74) is 3.77. The number of H-pyrrole nitrogens is 1. The monoisotopic (exact) mass is 327 g/mol. The van der Waals surface area contributed by atoms with Gasteiger partial charge in [0.2, 0.25) is 5.91 Å². The van der Waals surface area contributed by atoms with Crippen LogP contribution in [-0.4, -0.2) is 60.1 Å². The summed E-state index contributed by atoms with van der Waals surface area (Å²) in [6, 6.07) is 8.42. The van der Waals surface area contributed by atoms with E-state index in [1.807, 2.05) is 4.90 Å². The van der Waals surface area contributed by atoms with Crippen molar-refractivity contribution in [2.75, 3.05) is 39.4 Å². The summed E-state index contributed by atoms with van der Waals surface area (Å²) in [5, 5.41) is 1.31. The van der Waals surface area contributed by atoms with Crippen LogP contribution in [0.4, 0.5) is 0 Å². The summed E-state index contributed by atoms with van der Waals surface area (Å²) in [4.78, 5) is 20.7. The first-order valence-electron chi connectivity index (χ1n) is 8.89. The van der Waals surface area contributed by atoms with Crippen LogP contribution in [0.2, 0.25) is 0 Å². The molecule has 4 rings (SSSR count). The molecule has 1 amide bonds. The first-order valence-corrected chi connectivity index (χ1v) is 8.89. The number of hydrogen-bond donors (Lipinski definition) is 1. The van der Waals surface area contributed by atoms with E-state index in [1.54, 1.807) is 0 Å². The lowest BCUT2D eigenvalue weighted by Crippen LogP contribution is -2.45. The van der Waals surface area contributed by atoms with E-state index < -0.39 is 0 Å². The number of para-hydroxylation sites is 1. The van der Waals surface area contributed by atoms with Crippen LogP contribution in [0.1, 0.15) is 18.2 Å². The molecule has 1 atom stereocenters. The molecule has 128 valence electrons. The third-order valence-electron chi connectivity index (χ3n) is 5.25. The van der Waals surface area contributed by atoms with Crippen LogP contribution < -0.4 is 0 Å². The third kappa shape index (κ3) is 2.94. The molecule has 24 heavy (non-hydrogen) atoms. The van der Waals surface area contributed by atoms with Crippen LogP contribution in [0.25, 0.3) is 10.9 Å². The van der Waals surface area contributed by atoms with Crippen LogP contribution in [0.3, 0.4) is 0 Å². The van der Waals surface area contributed by atoms with Crippen molar-refractivity contribution in [3.05, 3.63) is 35.5 Å². The smallest absolute Gasteiger partial charge is 0.227 e. The van der Waals surface area contributed by atoms with Crippen molar-refractivity contribution in [3.8, 4) is 0 Å². The highest BCUT2D eigenvalue weighted by molar-refractivity contribution is 5.86. The lowest BCUT2D eigenvalue weighted by molar-refractivity contribution is -0.137. The van der Waals surface area contributed by atoms with Gasteiger partial charge in [0.1, 0.15) is 0 Å². The van der Waals surface area contributed by atoms with E-state index in [2.05, 4.69) is 41.1 Å². The Balaban J connectivity index is 1.44. The number of morpholine rings is 1. The minimum Gasteiger partial charge on any atom is -0.379 e. The number of hydrogen-bond acceptors (Lipinski definition) is 3. The Morgan fingerprint density at radius 3 is 2.88 bits per heavy atom. The van der Waals surface area contributed by atoms with Crippen molar-refractivity contribution in [2.24, 2.45) is 5.92 Å². The van der Waals surface area contributed by atoms with E-state index in [9.17, 15) is 4.79 Å². The van der Waals surface area contributed by atoms with Gasteiger partial charge in [-0.15, -0.1) is 0 Å². The molecule has 0 spiro atoms. The number of benzene rings is 1. The van der Waals surface area contributed by atoms with E-state index in [1.165, 1.54) is 22.2 Å². The average Bonchev–Trinajstić information content (AvgIpc) is 2.99. The quantitative estimate of drug-likeness (QED) is 0.938. The summed E-state index contributed by atoms with van der Waals surface area (Å²) in [5.74, 6) is 0.305. The maximum atomic E-state index is 12.9. The van der Waals surface area contributed by atoms with E-state index in [0.717, 1.165) is 45.8 Å². The van der Waals surface area contributed by atoms with Gasteiger partial charge in [0.25, 0.3) is 0 Å². The Morgan fingerprint density at radius 2 is 2.04 bits per heavy atom. The molecule has 1 aromatic carbocycles. The second kappa shape index (κ2) is 6.57. The van der Waals surface area contributed by atoms with Gasteiger partial charge in [-0.2, -0.15) is 0 Å². The second-order valence-corrected chi connectivity index (χ2v) is 6.95. The predicted molar refractivity (Wildman–Crippen MR) is 93.8 cm³/mol. The number of rotatable bonds is 3. The molecule has 2 aliphatic rings. The Labute approximate surface area is 142 Å². The van der Waals surface area contributed by atoms with Gasteiger partial charge >= 0.3 is 0 Å². The first-order chi connectivity index (χ1) is 11.7. The molecular weight excluding hydrogens is 302 g/mol. The van der Waals surface area contributed by atoms with E-state index in [4.69, 9.17) is 4.74 Å². The van der Waals surface area contributed by atoms with Crippen LogP contribution in [0, 0.1) is 5.92 Å². The predicted octanol–water partition coefficient (Wildman–Crippen LogP) is 2.02. The summed E-state index contributed by atoms with van der Waals surface area (Å²) < 4.78 is 5.38. The zero-order chi connectivity index (χ0) is 16.5. The maximum Gasteiger partial charge on any atom is 0.227 e. The molecule has 2 aliphatic heterocycles. The second-order valence-electron chi connectivity index (χ2n) is 6.95. The van der Waals surface area contributed by atoms with Gasteiger partial charge in [0.15, 0.2) is 0 Å². The minimum absolute atomic E-state index is 0.0361. The summed E-state index contributed by atoms with van der Waals surface area (Å²) >= 11 is 0. The van der Waals surface area contributed by atoms with Gasteiger partial charge in [0.05, 0.1) is 19.8 Å². The zero-order valence-electron chi connectivity index (χ0n) is 14.3. The number of nitrogens with zero attached hydrogens (tertiary/aromatic N) is 2. The van der Waals surface area contributed by atoms with Crippen molar-refractivity contribution in [1.29, 1.82) is 0 Å². The number of nitrogens with one attached hydrogen (secondary N) is 1. The molecule has 1 N–H and O–H groups in total. The molecule has 1 aromatic heterocycles. The SMILES string of the molecule is CC(CN1CCOCC1)C(=O)N1CCc2c([nH]c3ccccc23)C1. The molecule has 0 aliphatic carbocycles. The molecule has 3 heterocycles. The largest absolute Gasteiger partial charge is 0.379 e. The fourth-order valence-electron chi connectivity index (χ4n) is 3.94. The highest BCUT2D eigenvalue weighted by atomic mass is 16.5. The number of carbonyl (C=O) groups excluding carboxylic acids is 1. The summed E-state index contributed by atoms with van der Waals surface area (Å²) in [6.07, 6.45) is 0.940. The lowest BCUT2D eigenvalue weighted by Gasteiger charge is -2.33. The van der Waals surface area contributed by atoms with Crippen molar-refractivity contribution < 1.29 is 9.53 Å². The number of carbonyl (C=O) groups is 1. The molecule has 2 aromatic rings. The highest BCUT2D eigenvalue weighted by Gasteiger charge is 2.28. The number of aromatic amines is 1. The fourth-order valence-corrected chi connectivity index (χ4v) is 3.94. The normalized spacial score (nSPS) is 20.1. The van der Waals surface area contributed by atoms with Gasteiger partial charge < -0.3 is 14.6 Å². The number of amides is 1. The lowest BCUT2D eigenvalue weighted by atomic mass is 10.0. The van der Waals surface area contributed by atoms with E-state index in [-0.39, 0.29) is 11.8 Å². The van der Waals surface area contributed by atoms with Crippen molar-refractivity contribution >= 4 is 16.8 Å². The van der Waals surface area contributed by atoms with E-state index >= 15 is 0 Å². The van der Waals surface area contributed by atoms with Gasteiger partial charge in [0, 0.05) is 48.7 Å². The molecule has 0 saturated carbocycles.